The van der Waals surface area contributed by atoms with Crippen molar-refractivity contribution < 1.29 is 0 Å². The number of rotatable bonds is 4. The Kier molecular flexibility index (Phi) is 5.30. The Morgan fingerprint density at radius 3 is 2.65 bits per heavy atom. The minimum Gasteiger partial charge on any atom is -0.314 e. The van der Waals surface area contributed by atoms with Crippen molar-refractivity contribution in [2.45, 2.75) is 58.4 Å². The molecule has 0 aromatic carbocycles. The Balaban J connectivity index is 1.86. The lowest BCUT2D eigenvalue weighted by atomic mass is 9.82. The fraction of sp³-hybridized carbons (Fsp3) is 1.00. The topological polar surface area (TPSA) is 15.3 Å². The Morgan fingerprint density at radius 2 is 1.94 bits per heavy atom. The Labute approximate surface area is 107 Å². The zero-order valence-corrected chi connectivity index (χ0v) is 11.8. The van der Waals surface area contributed by atoms with Gasteiger partial charge in [0.2, 0.25) is 0 Å². The molecule has 1 unspecified atom stereocenters. The first-order valence-electron chi connectivity index (χ1n) is 7.72. The molecule has 0 bridgehead atoms. The minimum absolute atomic E-state index is 0.836. The highest BCUT2D eigenvalue weighted by Crippen LogP contribution is 2.29. The van der Waals surface area contributed by atoms with E-state index in [1.807, 2.05) is 0 Å². The van der Waals surface area contributed by atoms with Gasteiger partial charge in [-0.3, -0.25) is 4.90 Å². The van der Waals surface area contributed by atoms with Gasteiger partial charge in [-0.15, -0.1) is 0 Å². The Morgan fingerprint density at radius 1 is 1.18 bits per heavy atom. The van der Waals surface area contributed by atoms with E-state index in [0.29, 0.717) is 0 Å². The van der Waals surface area contributed by atoms with Gasteiger partial charge in [-0.1, -0.05) is 33.1 Å². The standard InChI is InChI=1S/C15H30N2/c1-13(2)8-10-17-11-9-16-12-15(17)14-6-4-3-5-7-14/h13-16H,3-12H2,1-2H3. The lowest BCUT2D eigenvalue weighted by Gasteiger charge is -2.42. The number of hydrogen-bond acceptors (Lipinski definition) is 2. The molecule has 0 aromatic rings. The lowest BCUT2D eigenvalue weighted by molar-refractivity contribution is 0.0882. The lowest BCUT2D eigenvalue weighted by Crippen LogP contribution is -2.55. The summed E-state index contributed by atoms with van der Waals surface area (Å²) in [7, 11) is 0. The number of nitrogens with one attached hydrogen (secondary N) is 1. The number of nitrogens with zero attached hydrogens (tertiary/aromatic N) is 1. The van der Waals surface area contributed by atoms with Crippen molar-refractivity contribution >= 4 is 0 Å². The first-order chi connectivity index (χ1) is 8.27. The molecule has 2 rings (SSSR count). The molecule has 1 saturated carbocycles. The first-order valence-corrected chi connectivity index (χ1v) is 7.72. The summed E-state index contributed by atoms with van der Waals surface area (Å²) < 4.78 is 0. The molecule has 17 heavy (non-hydrogen) atoms. The average molecular weight is 238 g/mol. The van der Waals surface area contributed by atoms with Crippen molar-refractivity contribution in [1.29, 1.82) is 0 Å². The van der Waals surface area contributed by atoms with Crippen LogP contribution in [-0.2, 0) is 0 Å². The predicted molar refractivity (Wildman–Crippen MR) is 74.3 cm³/mol. The van der Waals surface area contributed by atoms with Crippen molar-refractivity contribution in [3.8, 4) is 0 Å². The monoisotopic (exact) mass is 238 g/mol. The first kappa shape index (κ1) is 13.4. The molecule has 1 atom stereocenters. The summed E-state index contributed by atoms with van der Waals surface area (Å²) in [5, 5.41) is 3.61. The van der Waals surface area contributed by atoms with Crippen LogP contribution in [0.25, 0.3) is 0 Å². The smallest absolute Gasteiger partial charge is 0.0249 e. The second kappa shape index (κ2) is 6.75. The fourth-order valence-corrected chi connectivity index (χ4v) is 3.45. The molecule has 2 fully saturated rings. The van der Waals surface area contributed by atoms with E-state index in [-0.39, 0.29) is 0 Å². The summed E-state index contributed by atoms with van der Waals surface area (Å²) in [5.74, 6) is 1.82. The fourth-order valence-electron chi connectivity index (χ4n) is 3.45. The summed E-state index contributed by atoms with van der Waals surface area (Å²) >= 11 is 0. The van der Waals surface area contributed by atoms with Crippen LogP contribution in [0.3, 0.4) is 0 Å². The van der Waals surface area contributed by atoms with E-state index in [1.54, 1.807) is 0 Å². The molecule has 2 aliphatic rings. The van der Waals surface area contributed by atoms with Crippen LogP contribution >= 0.6 is 0 Å². The average Bonchev–Trinajstić information content (AvgIpc) is 2.38. The second-order valence-corrected chi connectivity index (χ2v) is 6.39. The summed E-state index contributed by atoms with van der Waals surface area (Å²) in [6, 6.07) is 0.836. The van der Waals surface area contributed by atoms with E-state index in [2.05, 4.69) is 24.1 Å². The number of piperazine rings is 1. The molecule has 0 aromatic heterocycles. The SMILES string of the molecule is CC(C)CCN1CCNCC1C1CCCCC1. The summed E-state index contributed by atoms with van der Waals surface area (Å²) in [4.78, 5) is 2.78. The zero-order valence-electron chi connectivity index (χ0n) is 11.8. The zero-order chi connectivity index (χ0) is 12.1. The normalized spacial score (nSPS) is 28.8. The summed E-state index contributed by atoms with van der Waals surface area (Å²) in [6.45, 7) is 9.72. The summed E-state index contributed by atoms with van der Waals surface area (Å²) in [6.07, 6.45) is 8.74. The molecule has 2 heteroatoms. The van der Waals surface area contributed by atoms with Crippen molar-refractivity contribution in [1.82, 2.24) is 10.2 Å². The van der Waals surface area contributed by atoms with E-state index in [0.717, 1.165) is 17.9 Å². The second-order valence-electron chi connectivity index (χ2n) is 6.39. The highest BCUT2D eigenvalue weighted by atomic mass is 15.2. The van der Waals surface area contributed by atoms with E-state index in [4.69, 9.17) is 0 Å². The highest BCUT2D eigenvalue weighted by Gasteiger charge is 2.30. The third-order valence-electron chi connectivity index (χ3n) is 4.59. The molecule has 100 valence electrons. The third-order valence-corrected chi connectivity index (χ3v) is 4.59. The molecular formula is C15H30N2. The Bertz CT molecular complexity index is 209. The van der Waals surface area contributed by atoms with E-state index in [9.17, 15) is 0 Å². The van der Waals surface area contributed by atoms with Crippen LogP contribution in [0.4, 0.5) is 0 Å². The molecule has 0 spiro atoms. The number of hydrogen-bond donors (Lipinski definition) is 1. The maximum atomic E-state index is 3.61. The van der Waals surface area contributed by atoms with Gasteiger partial charge in [-0.2, -0.15) is 0 Å². The van der Waals surface area contributed by atoms with Crippen molar-refractivity contribution in [3.63, 3.8) is 0 Å². The van der Waals surface area contributed by atoms with Crippen LogP contribution in [0.5, 0.6) is 0 Å². The van der Waals surface area contributed by atoms with Gasteiger partial charge in [0, 0.05) is 25.7 Å². The molecule has 2 nitrogen and oxygen atoms in total. The quantitative estimate of drug-likeness (QED) is 0.810. The van der Waals surface area contributed by atoms with Crippen LogP contribution in [0, 0.1) is 11.8 Å². The van der Waals surface area contributed by atoms with Crippen molar-refractivity contribution in [2.24, 2.45) is 11.8 Å². The predicted octanol–water partition coefficient (Wildman–Crippen LogP) is 2.89. The highest BCUT2D eigenvalue weighted by molar-refractivity contribution is 4.87. The van der Waals surface area contributed by atoms with Crippen molar-refractivity contribution in [2.75, 3.05) is 26.2 Å². The third kappa shape index (κ3) is 3.96. The Hall–Kier alpha value is -0.0800. The maximum absolute atomic E-state index is 3.61. The minimum atomic E-state index is 0.836. The van der Waals surface area contributed by atoms with Crippen molar-refractivity contribution in [3.05, 3.63) is 0 Å². The van der Waals surface area contributed by atoms with Gasteiger partial charge in [0.25, 0.3) is 0 Å². The molecule has 1 heterocycles. The molecule has 0 radical (unpaired) electrons. The van der Waals surface area contributed by atoms with Crippen LogP contribution < -0.4 is 5.32 Å². The largest absolute Gasteiger partial charge is 0.314 e. The van der Waals surface area contributed by atoms with Crippen LogP contribution in [0.2, 0.25) is 0 Å². The maximum Gasteiger partial charge on any atom is 0.0249 e. The van der Waals surface area contributed by atoms with Crippen LogP contribution in [0.15, 0.2) is 0 Å². The van der Waals surface area contributed by atoms with Gasteiger partial charge in [0.15, 0.2) is 0 Å². The molecule has 1 aliphatic heterocycles. The van der Waals surface area contributed by atoms with E-state index < -0.39 is 0 Å². The van der Waals surface area contributed by atoms with Gasteiger partial charge in [-0.05, 0) is 37.6 Å². The molecule has 1 saturated heterocycles. The van der Waals surface area contributed by atoms with Gasteiger partial charge >= 0.3 is 0 Å². The van der Waals surface area contributed by atoms with Gasteiger partial charge < -0.3 is 5.32 Å². The van der Waals surface area contributed by atoms with Crippen LogP contribution in [0.1, 0.15) is 52.4 Å². The van der Waals surface area contributed by atoms with Crippen LogP contribution in [-0.4, -0.2) is 37.1 Å². The summed E-state index contributed by atoms with van der Waals surface area (Å²) in [5.41, 5.74) is 0. The molecule has 1 aliphatic carbocycles. The van der Waals surface area contributed by atoms with E-state index >= 15 is 0 Å². The van der Waals surface area contributed by atoms with E-state index in [1.165, 1.54) is 64.7 Å². The van der Waals surface area contributed by atoms with Gasteiger partial charge in [0.1, 0.15) is 0 Å². The van der Waals surface area contributed by atoms with Gasteiger partial charge in [-0.25, -0.2) is 0 Å². The molecule has 1 N–H and O–H groups in total. The molecule has 0 amide bonds. The molecular weight excluding hydrogens is 208 g/mol. The van der Waals surface area contributed by atoms with Gasteiger partial charge in [0.05, 0.1) is 0 Å².